The topological polar surface area (TPSA) is 78.2 Å². The number of hydrogen-bond donors (Lipinski definition) is 0. The Kier molecular flexibility index (Phi) is 3.01. The van der Waals surface area contributed by atoms with Crippen LogP contribution in [0.2, 0.25) is 0 Å². The Balaban J connectivity index is 2.61. The fourth-order valence-electron chi connectivity index (χ4n) is 1.46. The smallest absolute Gasteiger partial charge is 0.311 e. The van der Waals surface area contributed by atoms with Gasteiger partial charge in [0, 0.05) is 6.07 Å². The van der Waals surface area contributed by atoms with E-state index in [1.807, 2.05) is 6.92 Å². The van der Waals surface area contributed by atoms with Crippen LogP contribution in [-0.4, -0.2) is 22.2 Å². The molecule has 1 heterocycles. The van der Waals surface area contributed by atoms with Gasteiger partial charge in [-0.3, -0.25) is 10.1 Å². The molecule has 0 spiro atoms. The maximum absolute atomic E-state index is 10.9. The molecule has 0 aliphatic rings. The van der Waals surface area contributed by atoms with Crippen molar-refractivity contribution in [3.8, 4) is 16.3 Å². The number of nitrogens with zero attached hydrogens (tertiary/aromatic N) is 3. The van der Waals surface area contributed by atoms with Gasteiger partial charge in [0.15, 0.2) is 5.01 Å². The zero-order chi connectivity index (χ0) is 12.4. The molecule has 7 heteroatoms. The summed E-state index contributed by atoms with van der Waals surface area (Å²) in [5, 5.41) is 20.1. The second-order valence-electron chi connectivity index (χ2n) is 3.24. The van der Waals surface area contributed by atoms with Crippen molar-refractivity contribution < 1.29 is 9.66 Å². The van der Waals surface area contributed by atoms with Crippen molar-refractivity contribution in [3.05, 3.63) is 33.3 Å². The van der Waals surface area contributed by atoms with Gasteiger partial charge in [0.05, 0.1) is 17.6 Å². The summed E-state index contributed by atoms with van der Waals surface area (Å²) in [4.78, 5) is 10.4. The van der Waals surface area contributed by atoms with E-state index in [9.17, 15) is 10.1 Å². The molecular formula is C10H9N3O3S. The number of ether oxygens (including phenoxy) is 1. The summed E-state index contributed by atoms with van der Waals surface area (Å²) in [5.74, 6) is 0.216. The third-order valence-electron chi connectivity index (χ3n) is 2.15. The summed E-state index contributed by atoms with van der Waals surface area (Å²) in [6.07, 6.45) is 0. The monoisotopic (exact) mass is 251 g/mol. The summed E-state index contributed by atoms with van der Waals surface area (Å²) in [5.41, 5.74) is 0.519. The third kappa shape index (κ3) is 2.09. The van der Waals surface area contributed by atoms with Gasteiger partial charge in [0.25, 0.3) is 0 Å². The van der Waals surface area contributed by atoms with E-state index in [0.29, 0.717) is 10.6 Å². The van der Waals surface area contributed by atoms with Crippen molar-refractivity contribution in [1.29, 1.82) is 0 Å². The van der Waals surface area contributed by atoms with Gasteiger partial charge < -0.3 is 4.74 Å². The fraction of sp³-hybridized carbons (Fsp3) is 0.200. The molecule has 2 aromatic rings. The molecule has 0 radical (unpaired) electrons. The van der Waals surface area contributed by atoms with E-state index in [4.69, 9.17) is 4.74 Å². The summed E-state index contributed by atoms with van der Waals surface area (Å²) in [6.45, 7) is 1.82. The highest BCUT2D eigenvalue weighted by molar-refractivity contribution is 7.14. The van der Waals surface area contributed by atoms with Gasteiger partial charge in [-0.25, -0.2) is 0 Å². The molecule has 0 fully saturated rings. The van der Waals surface area contributed by atoms with Gasteiger partial charge in [-0.2, -0.15) is 0 Å². The van der Waals surface area contributed by atoms with Gasteiger partial charge in [-0.05, 0) is 13.0 Å². The lowest BCUT2D eigenvalue weighted by Gasteiger charge is -2.05. The summed E-state index contributed by atoms with van der Waals surface area (Å²) in [6, 6.07) is 4.73. The van der Waals surface area contributed by atoms with Crippen LogP contribution in [0.1, 0.15) is 5.01 Å². The van der Waals surface area contributed by atoms with Crippen molar-refractivity contribution >= 4 is 17.0 Å². The Morgan fingerprint density at radius 2 is 2.18 bits per heavy atom. The molecule has 0 amide bonds. The second kappa shape index (κ2) is 4.46. The van der Waals surface area contributed by atoms with E-state index in [0.717, 1.165) is 5.01 Å². The van der Waals surface area contributed by atoms with Gasteiger partial charge in [0.1, 0.15) is 5.01 Å². The first-order valence-corrected chi connectivity index (χ1v) is 5.57. The van der Waals surface area contributed by atoms with Crippen molar-refractivity contribution in [3.63, 3.8) is 0 Å². The van der Waals surface area contributed by atoms with Crippen molar-refractivity contribution in [1.82, 2.24) is 10.2 Å². The first-order valence-electron chi connectivity index (χ1n) is 4.75. The molecule has 0 N–H and O–H groups in total. The van der Waals surface area contributed by atoms with Gasteiger partial charge in [0.2, 0.25) is 5.75 Å². The van der Waals surface area contributed by atoms with Crippen molar-refractivity contribution in [2.75, 3.05) is 7.11 Å². The predicted molar refractivity (Wildman–Crippen MR) is 63.3 cm³/mol. The van der Waals surface area contributed by atoms with Crippen LogP contribution >= 0.6 is 11.3 Å². The first kappa shape index (κ1) is 11.5. The van der Waals surface area contributed by atoms with Gasteiger partial charge >= 0.3 is 5.69 Å². The maximum atomic E-state index is 10.9. The minimum absolute atomic E-state index is 0.0714. The predicted octanol–water partition coefficient (Wildman–Crippen LogP) is 2.43. The molecule has 2 rings (SSSR count). The van der Waals surface area contributed by atoms with E-state index in [1.54, 1.807) is 12.1 Å². The second-order valence-corrected chi connectivity index (χ2v) is 4.42. The van der Waals surface area contributed by atoms with Crippen LogP contribution in [0.25, 0.3) is 10.6 Å². The number of aryl methyl sites for hydroxylation is 1. The molecule has 0 unspecified atom stereocenters. The Bertz CT molecular complexity index is 568. The number of para-hydroxylation sites is 1. The van der Waals surface area contributed by atoms with Gasteiger partial charge in [-0.15, -0.1) is 10.2 Å². The number of methoxy groups -OCH3 is 1. The highest BCUT2D eigenvalue weighted by Gasteiger charge is 2.20. The quantitative estimate of drug-likeness (QED) is 0.618. The van der Waals surface area contributed by atoms with E-state index in [1.165, 1.54) is 24.5 Å². The van der Waals surface area contributed by atoms with E-state index in [2.05, 4.69) is 10.2 Å². The highest BCUT2D eigenvalue weighted by Crippen LogP contribution is 2.38. The molecule has 0 aliphatic heterocycles. The lowest BCUT2D eigenvalue weighted by Crippen LogP contribution is -1.95. The van der Waals surface area contributed by atoms with Crippen molar-refractivity contribution in [2.45, 2.75) is 6.92 Å². The van der Waals surface area contributed by atoms with Crippen LogP contribution < -0.4 is 4.74 Å². The Labute approximate surface area is 101 Å². The Hall–Kier alpha value is -2.02. The molecule has 1 aromatic heterocycles. The summed E-state index contributed by atoms with van der Waals surface area (Å²) in [7, 11) is 1.40. The molecule has 1 aromatic carbocycles. The van der Waals surface area contributed by atoms with Crippen molar-refractivity contribution in [2.24, 2.45) is 0 Å². The normalized spacial score (nSPS) is 10.2. The average Bonchev–Trinajstić information content (AvgIpc) is 2.74. The Morgan fingerprint density at radius 3 is 2.71 bits per heavy atom. The van der Waals surface area contributed by atoms with E-state index in [-0.39, 0.29) is 11.4 Å². The lowest BCUT2D eigenvalue weighted by atomic mass is 10.2. The zero-order valence-corrected chi connectivity index (χ0v) is 10.0. The number of benzene rings is 1. The lowest BCUT2D eigenvalue weighted by molar-refractivity contribution is -0.385. The molecule has 0 aliphatic carbocycles. The number of nitro groups is 1. The third-order valence-corrected chi connectivity index (χ3v) is 3.02. The molecule has 0 bridgehead atoms. The van der Waals surface area contributed by atoms with Crippen LogP contribution in [0, 0.1) is 17.0 Å². The summed E-state index contributed by atoms with van der Waals surface area (Å²) >= 11 is 1.37. The van der Waals surface area contributed by atoms with E-state index >= 15 is 0 Å². The van der Waals surface area contributed by atoms with Gasteiger partial charge in [-0.1, -0.05) is 17.4 Å². The fourth-order valence-corrected chi connectivity index (χ4v) is 2.17. The molecule has 6 nitrogen and oxygen atoms in total. The SMILES string of the molecule is COc1c(-c2nnc(C)s2)cccc1[N+](=O)[O-]. The number of aromatic nitrogens is 2. The molecule has 17 heavy (non-hydrogen) atoms. The number of rotatable bonds is 3. The largest absolute Gasteiger partial charge is 0.490 e. The zero-order valence-electron chi connectivity index (χ0n) is 9.21. The number of hydrogen-bond acceptors (Lipinski definition) is 6. The molecular weight excluding hydrogens is 242 g/mol. The molecule has 88 valence electrons. The molecule has 0 atom stereocenters. The molecule has 0 saturated carbocycles. The average molecular weight is 251 g/mol. The van der Waals surface area contributed by atoms with E-state index < -0.39 is 4.92 Å². The highest BCUT2D eigenvalue weighted by atomic mass is 32.1. The Morgan fingerprint density at radius 1 is 1.41 bits per heavy atom. The van der Waals surface area contributed by atoms with Crippen LogP contribution in [0.3, 0.4) is 0 Å². The molecule has 0 saturated heterocycles. The standard InChI is InChI=1S/C10H9N3O3S/c1-6-11-12-10(17-6)7-4-3-5-8(13(14)15)9(7)16-2/h3-5H,1-2H3. The summed E-state index contributed by atoms with van der Waals surface area (Å²) < 4.78 is 5.10. The van der Waals surface area contributed by atoms with Crippen LogP contribution in [0.15, 0.2) is 18.2 Å². The minimum atomic E-state index is -0.476. The van der Waals surface area contributed by atoms with Crippen LogP contribution in [0.5, 0.6) is 5.75 Å². The maximum Gasteiger partial charge on any atom is 0.311 e. The first-order chi connectivity index (χ1) is 8.13. The van der Waals surface area contributed by atoms with Crippen LogP contribution in [-0.2, 0) is 0 Å². The van der Waals surface area contributed by atoms with Crippen LogP contribution in [0.4, 0.5) is 5.69 Å². The minimum Gasteiger partial charge on any atom is -0.490 e. The number of nitro benzene ring substituents is 1.